The predicted molar refractivity (Wildman–Crippen MR) is 115 cm³/mol. The quantitative estimate of drug-likeness (QED) is 0.564. The summed E-state index contributed by atoms with van der Waals surface area (Å²) < 4.78 is 37.7. The van der Waals surface area contributed by atoms with Crippen molar-refractivity contribution < 1.29 is 13.2 Å². The van der Waals surface area contributed by atoms with Gasteiger partial charge in [0, 0.05) is 52.9 Å². The van der Waals surface area contributed by atoms with E-state index in [2.05, 4.69) is 44.4 Å². The van der Waals surface area contributed by atoms with Crippen LogP contribution in [-0.4, -0.2) is 92.8 Å². The minimum Gasteiger partial charge on any atom is -0.356 e. The van der Waals surface area contributed by atoms with Gasteiger partial charge in [0.2, 0.25) is 0 Å². The van der Waals surface area contributed by atoms with Crippen molar-refractivity contribution in [1.29, 1.82) is 0 Å². The van der Waals surface area contributed by atoms with Crippen molar-refractivity contribution in [3.63, 3.8) is 0 Å². The molecule has 5 nitrogen and oxygen atoms in total. The highest BCUT2D eigenvalue weighted by Crippen LogP contribution is 2.22. The first-order valence-electron chi connectivity index (χ1n) is 10.6. The molecule has 0 spiro atoms. The third-order valence-corrected chi connectivity index (χ3v) is 5.68. The van der Waals surface area contributed by atoms with Crippen LogP contribution >= 0.6 is 0 Å². The lowest BCUT2D eigenvalue weighted by molar-refractivity contribution is -0.143. The van der Waals surface area contributed by atoms with Crippen LogP contribution in [0.4, 0.5) is 13.2 Å². The summed E-state index contributed by atoms with van der Waals surface area (Å²) in [6.45, 7) is 5.50. The molecular formula is C22H32F3N5. The van der Waals surface area contributed by atoms with Gasteiger partial charge in [-0.2, -0.15) is 13.2 Å². The zero-order valence-corrected chi connectivity index (χ0v) is 17.6. The van der Waals surface area contributed by atoms with E-state index in [0.29, 0.717) is 19.6 Å². The summed E-state index contributed by atoms with van der Waals surface area (Å²) in [5.74, 6) is 1.08. The molecule has 2 saturated heterocycles. The Labute approximate surface area is 177 Å². The Bertz CT molecular complexity index is 696. The molecule has 1 atom stereocenters. The van der Waals surface area contributed by atoms with E-state index in [4.69, 9.17) is 0 Å². The van der Waals surface area contributed by atoms with Crippen molar-refractivity contribution in [2.24, 2.45) is 10.9 Å². The lowest BCUT2D eigenvalue weighted by Crippen LogP contribution is -2.53. The molecule has 0 aromatic heterocycles. The van der Waals surface area contributed by atoms with Crippen LogP contribution in [0.3, 0.4) is 0 Å². The monoisotopic (exact) mass is 423 g/mol. The molecule has 2 fully saturated rings. The number of rotatable bonds is 6. The van der Waals surface area contributed by atoms with Crippen LogP contribution < -0.4 is 5.32 Å². The average molecular weight is 424 g/mol. The van der Waals surface area contributed by atoms with Crippen LogP contribution in [0, 0.1) is 5.92 Å². The summed E-state index contributed by atoms with van der Waals surface area (Å²) in [6.07, 6.45) is 1.03. The van der Waals surface area contributed by atoms with Gasteiger partial charge in [0.25, 0.3) is 0 Å². The molecule has 0 saturated carbocycles. The number of alkyl halides is 3. The first-order valence-corrected chi connectivity index (χ1v) is 10.6. The number of hydrogen-bond donors (Lipinski definition) is 1. The van der Waals surface area contributed by atoms with Crippen LogP contribution in [0.2, 0.25) is 0 Å². The summed E-state index contributed by atoms with van der Waals surface area (Å²) >= 11 is 0. The van der Waals surface area contributed by atoms with Crippen molar-refractivity contribution in [3.8, 4) is 0 Å². The number of aliphatic imine (C=N–C) groups is 1. The number of guanidine groups is 1. The Balaban J connectivity index is 1.36. The maximum Gasteiger partial charge on any atom is 0.401 e. The summed E-state index contributed by atoms with van der Waals surface area (Å²) in [7, 11) is 1.77. The number of benzene rings is 1. The normalized spacial score (nSPS) is 22.2. The molecule has 8 heteroatoms. The molecule has 0 amide bonds. The third kappa shape index (κ3) is 7.32. The molecule has 1 N–H and O–H groups in total. The Hall–Kier alpha value is -2.06. The van der Waals surface area contributed by atoms with Crippen LogP contribution in [0.5, 0.6) is 0 Å². The standard InChI is InChI=1S/C22H32F3N5/c1-26-21(27-16-20-9-11-29(17-20)18-22(23,24)25)30-14-12-28(13-15-30)10-5-8-19-6-3-2-4-7-19/h2-8,20H,9-18H2,1H3,(H,26,27)/b8-5+. The lowest BCUT2D eigenvalue weighted by atomic mass is 10.1. The molecule has 1 aromatic rings. The van der Waals surface area contributed by atoms with Gasteiger partial charge in [-0.1, -0.05) is 42.5 Å². The summed E-state index contributed by atoms with van der Waals surface area (Å²) in [5.41, 5.74) is 1.21. The highest BCUT2D eigenvalue weighted by atomic mass is 19.4. The van der Waals surface area contributed by atoms with E-state index in [1.165, 1.54) is 10.5 Å². The van der Waals surface area contributed by atoms with Gasteiger partial charge in [-0.15, -0.1) is 0 Å². The Morgan fingerprint density at radius 3 is 2.50 bits per heavy atom. The van der Waals surface area contributed by atoms with E-state index in [0.717, 1.165) is 45.1 Å². The van der Waals surface area contributed by atoms with Gasteiger partial charge in [-0.05, 0) is 24.4 Å². The molecule has 30 heavy (non-hydrogen) atoms. The molecule has 0 radical (unpaired) electrons. The highest BCUT2D eigenvalue weighted by molar-refractivity contribution is 5.80. The Kier molecular flexibility index (Phi) is 8.16. The molecule has 2 heterocycles. The van der Waals surface area contributed by atoms with Gasteiger partial charge in [0.15, 0.2) is 5.96 Å². The van der Waals surface area contributed by atoms with Crippen molar-refractivity contribution in [2.75, 3.05) is 66.0 Å². The van der Waals surface area contributed by atoms with E-state index in [1.807, 2.05) is 18.2 Å². The number of halogens is 3. The Morgan fingerprint density at radius 1 is 1.10 bits per heavy atom. The van der Waals surface area contributed by atoms with Gasteiger partial charge in [0.05, 0.1) is 6.54 Å². The second-order valence-electron chi connectivity index (χ2n) is 8.03. The SMILES string of the molecule is CN=C(NCC1CCN(CC(F)(F)F)C1)N1CCN(C/C=C/c2ccccc2)CC1. The minimum absolute atomic E-state index is 0.230. The minimum atomic E-state index is -4.12. The topological polar surface area (TPSA) is 34.1 Å². The fourth-order valence-corrected chi connectivity index (χ4v) is 4.09. The van der Waals surface area contributed by atoms with Gasteiger partial charge < -0.3 is 10.2 Å². The maximum absolute atomic E-state index is 12.6. The zero-order chi connectivity index (χ0) is 21.4. The molecule has 0 bridgehead atoms. The van der Waals surface area contributed by atoms with E-state index in [-0.39, 0.29) is 5.92 Å². The smallest absolute Gasteiger partial charge is 0.356 e. The van der Waals surface area contributed by atoms with E-state index < -0.39 is 12.7 Å². The van der Waals surface area contributed by atoms with Crippen molar-refractivity contribution >= 4 is 12.0 Å². The van der Waals surface area contributed by atoms with Gasteiger partial charge in [-0.3, -0.25) is 14.8 Å². The summed E-state index contributed by atoms with van der Waals surface area (Å²) in [4.78, 5) is 10.5. The summed E-state index contributed by atoms with van der Waals surface area (Å²) in [6, 6.07) is 10.3. The van der Waals surface area contributed by atoms with Crippen LogP contribution in [0.25, 0.3) is 6.08 Å². The molecule has 2 aliphatic rings. The first kappa shape index (κ1) is 22.6. The van der Waals surface area contributed by atoms with Crippen LogP contribution in [0.15, 0.2) is 41.4 Å². The second-order valence-corrected chi connectivity index (χ2v) is 8.03. The van der Waals surface area contributed by atoms with Gasteiger partial charge in [-0.25, -0.2) is 0 Å². The van der Waals surface area contributed by atoms with Crippen molar-refractivity contribution in [2.45, 2.75) is 12.6 Å². The average Bonchev–Trinajstić information content (AvgIpc) is 3.16. The third-order valence-electron chi connectivity index (χ3n) is 5.68. The zero-order valence-electron chi connectivity index (χ0n) is 17.6. The van der Waals surface area contributed by atoms with Gasteiger partial charge in [0.1, 0.15) is 0 Å². The van der Waals surface area contributed by atoms with Crippen molar-refractivity contribution in [3.05, 3.63) is 42.0 Å². The molecule has 0 aliphatic carbocycles. The molecular weight excluding hydrogens is 391 g/mol. The maximum atomic E-state index is 12.6. The molecule has 166 valence electrons. The second kappa shape index (κ2) is 10.8. The number of nitrogens with one attached hydrogen (secondary N) is 1. The van der Waals surface area contributed by atoms with Crippen LogP contribution in [-0.2, 0) is 0 Å². The fourth-order valence-electron chi connectivity index (χ4n) is 4.09. The van der Waals surface area contributed by atoms with E-state index in [9.17, 15) is 13.2 Å². The Morgan fingerprint density at radius 2 is 1.83 bits per heavy atom. The highest BCUT2D eigenvalue weighted by Gasteiger charge is 2.34. The predicted octanol–water partition coefficient (Wildman–Crippen LogP) is 2.78. The number of likely N-dealkylation sites (tertiary alicyclic amines) is 1. The number of hydrogen-bond acceptors (Lipinski definition) is 3. The van der Waals surface area contributed by atoms with Crippen molar-refractivity contribution in [1.82, 2.24) is 20.0 Å². The molecule has 1 aromatic carbocycles. The van der Waals surface area contributed by atoms with E-state index >= 15 is 0 Å². The fraction of sp³-hybridized carbons (Fsp3) is 0.591. The largest absolute Gasteiger partial charge is 0.401 e. The summed E-state index contributed by atoms with van der Waals surface area (Å²) in [5, 5.41) is 3.38. The molecule has 2 aliphatic heterocycles. The number of piperazine rings is 1. The lowest BCUT2D eigenvalue weighted by Gasteiger charge is -2.36. The number of nitrogens with zero attached hydrogens (tertiary/aromatic N) is 4. The van der Waals surface area contributed by atoms with Gasteiger partial charge >= 0.3 is 6.18 Å². The van der Waals surface area contributed by atoms with Crippen LogP contribution in [0.1, 0.15) is 12.0 Å². The van der Waals surface area contributed by atoms with E-state index in [1.54, 1.807) is 7.05 Å². The molecule has 1 unspecified atom stereocenters. The first-order chi connectivity index (χ1) is 14.4. The molecule has 3 rings (SSSR count).